The van der Waals surface area contributed by atoms with E-state index in [1.165, 1.54) is 65.7 Å². The highest BCUT2D eigenvalue weighted by atomic mass is 16.3. The molecule has 2 heterocycles. The van der Waals surface area contributed by atoms with E-state index in [9.17, 15) is 0 Å². The lowest BCUT2D eigenvalue weighted by molar-refractivity contribution is 0.661. The maximum Gasteiger partial charge on any atom is 0.135 e. The predicted octanol–water partition coefficient (Wildman–Crippen LogP) is 16.3. The lowest BCUT2D eigenvalue weighted by Gasteiger charge is -2.22. The van der Waals surface area contributed by atoms with E-state index in [4.69, 9.17) is 8.83 Å². The van der Waals surface area contributed by atoms with Crippen molar-refractivity contribution in [2.45, 2.75) is 19.3 Å². The maximum atomic E-state index is 6.25. The van der Waals surface area contributed by atoms with E-state index in [1.807, 2.05) is 24.3 Å². The van der Waals surface area contributed by atoms with Crippen molar-refractivity contribution in [3.63, 3.8) is 0 Å². The second-order valence-corrected chi connectivity index (χ2v) is 16.8. The van der Waals surface area contributed by atoms with Gasteiger partial charge >= 0.3 is 0 Å². The second-order valence-electron chi connectivity index (χ2n) is 16.8. The van der Waals surface area contributed by atoms with E-state index >= 15 is 0 Å². The Bertz CT molecular complexity index is 3630. The normalized spacial score (nSPS) is 13.4. The van der Waals surface area contributed by atoms with Crippen LogP contribution in [0.5, 0.6) is 0 Å². The van der Waals surface area contributed by atoms with E-state index in [0.717, 1.165) is 66.1 Å². The SMILES string of the molecule is CC1(C)c2ccccc2-c2cc3c4ccccc4c4cc(-c5cc(-c6ccc7oc8ccccc8c7c6)cc(-c6ccc7oc8ccccc8c7c6)c5)ccc4c3cc21. The topological polar surface area (TPSA) is 26.3 Å². The molecule has 0 N–H and O–H groups in total. The number of benzene rings is 10. The van der Waals surface area contributed by atoms with E-state index in [2.05, 4.69) is 172 Å². The molecule has 0 unspecified atom stereocenters. The number of furan rings is 2. The van der Waals surface area contributed by atoms with Gasteiger partial charge in [0, 0.05) is 27.0 Å². The first-order valence-electron chi connectivity index (χ1n) is 20.5. The van der Waals surface area contributed by atoms with Crippen LogP contribution in [0, 0.1) is 0 Å². The lowest BCUT2D eigenvalue weighted by Crippen LogP contribution is -2.14. The summed E-state index contributed by atoms with van der Waals surface area (Å²) >= 11 is 0. The van der Waals surface area contributed by atoms with Gasteiger partial charge in [0.05, 0.1) is 0 Å². The minimum atomic E-state index is -0.0770. The van der Waals surface area contributed by atoms with Crippen LogP contribution in [-0.2, 0) is 5.41 Å². The largest absolute Gasteiger partial charge is 0.456 e. The fourth-order valence-corrected chi connectivity index (χ4v) is 10.3. The number of hydrogen-bond acceptors (Lipinski definition) is 2. The Hall–Kier alpha value is -7.42. The third kappa shape index (κ3) is 4.69. The van der Waals surface area contributed by atoms with Gasteiger partial charge in [-0.3, -0.25) is 0 Å². The van der Waals surface area contributed by atoms with Crippen LogP contribution >= 0.6 is 0 Å². The van der Waals surface area contributed by atoms with Crippen LogP contribution < -0.4 is 0 Å². The minimum absolute atomic E-state index is 0.0770. The summed E-state index contributed by atoms with van der Waals surface area (Å²) in [6, 6.07) is 66.8. The van der Waals surface area contributed by atoms with Crippen LogP contribution in [0.3, 0.4) is 0 Å². The fraction of sp³-hybridized carbons (Fsp3) is 0.0526. The molecule has 12 aromatic rings. The molecule has 13 rings (SSSR count). The van der Waals surface area contributed by atoms with Crippen LogP contribution in [0.1, 0.15) is 25.0 Å². The molecular formula is C57H36O2. The van der Waals surface area contributed by atoms with Gasteiger partial charge in [-0.25, -0.2) is 0 Å². The zero-order valence-electron chi connectivity index (χ0n) is 32.6. The molecule has 0 radical (unpaired) electrons. The molecule has 2 aromatic heterocycles. The molecule has 0 amide bonds. The van der Waals surface area contributed by atoms with Crippen LogP contribution in [-0.4, -0.2) is 0 Å². The van der Waals surface area contributed by atoms with Crippen molar-refractivity contribution < 1.29 is 8.83 Å². The van der Waals surface area contributed by atoms with E-state index < -0.39 is 0 Å². The molecule has 1 aliphatic rings. The number of para-hydroxylation sites is 2. The Balaban J connectivity index is 1.05. The van der Waals surface area contributed by atoms with Gasteiger partial charge in [0.25, 0.3) is 0 Å². The molecule has 0 saturated heterocycles. The first kappa shape index (κ1) is 32.6. The van der Waals surface area contributed by atoms with Crippen molar-refractivity contribution in [2.24, 2.45) is 0 Å². The van der Waals surface area contributed by atoms with Crippen molar-refractivity contribution in [3.8, 4) is 44.5 Å². The number of hydrogen-bond donors (Lipinski definition) is 0. The van der Waals surface area contributed by atoms with Crippen LogP contribution in [0.4, 0.5) is 0 Å². The van der Waals surface area contributed by atoms with Gasteiger partial charge < -0.3 is 8.83 Å². The van der Waals surface area contributed by atoms with Crippen LogP contribution in [0.15, 0.2) is 191 Å². The summed E-state index contributed by atoms with van der Waals surface area (Å²) in [5, 5.41) is 12.2. The Morgan fingerprint density at radius 1 is 0.271 bits per heavy atom. The summed E-state index contributed by atoms with van der Waals surface area (Å²) in [5.74, 6) is 0. The maximum absolute atomic E-state index is 6.25. The molecule has 2 nitrogen and oxygen atoms in total. The second kappa shape index (κ2) is 11.8. The molecule has 1 aliphatic carbocycles. The highest BCUT2D eigenvalue weighted by Crippen LogP contribution is 2.51. The van der Waals surface area contributed by atoms with Crippen LogP contribution in [0.2, 0.25) is 0 Å². The average molecular weight is 753 g/mol. The zero-order valence-corrected chi connectivity index (χ0v) is 32.6. The summed E-state index contributed by atoms with van der Waals surface area (Å²) in [7, 11) is 0. The van der Waals surface area contributed by atoms with Crippen molar-refractivity contribution in [1.82, 2.24) is 0 Å². The summed E-state index contributed by atoms with van der Waals surface area (Å²) in [6.07, 6.45) is 0. The Labute approximate surface area is 340 Å². The molecule has 276 valence electrons. The van der Waals surface area contributed by atoms with Gasteiger partial charge in [0.2, 0.25) is 0 Å². The van der Waals surface area contributed by atoms with Gasteiger partial charge in [0.15, 0.2) is 0 Å². The molecule has 0 aliphatic heterocycles. The molecule has 2 heteroatoms. The third-order valence-corrected chi connectivity index (χ3v) is 13.2. The summed E-state index contributed by atoms with van der Waals surface area (Å²) in [4.78, 5) is 0. The van der Waals surface area contributed by atoms with Gasteiger partial charge in [-0.15, -0.1) is 0 Å². The molecular weight excluding hydrogens is 717 g/mol. The Kier molecular flexibility index (Phi) is 6.54. The smallest absolute Gasteiger partial charge is 0.135 e. The summed E-state index contributed by atoms with van der Waals surface area (Å²) < 4.78 is 12.5. The van der Waals surface area contributed by atoms with Gasteiger partial charge in [0.1, 0.15) is 22.3 Å². The van der Waals surface area contributed by atoms with Crippen molar-refractivity contribution in [3.05, 3.63) is 193 Å². The minimum Gasteiger partial charge on any atom is -0.456 e. The summed E-state index contributed by atoms with van der Waals surface area (Å²) in [5.41, 5.74) is 16.0. The molecule has 0 bridgehead atoms. The summed E-state index contributed by atoms with van der Waals surface area (Å²) in [6.45, 7) is 4.74. The number of rotatable bonds is 3. The molecule has 0 spiro atoms. The van der Waals surface area contributed by atoms with Gasteiger partial charge in [-0.05, 0) is 161 Å². The van der Waals surface area contributed by atoms with E-state index in [1.54, 1.807) is 0 Å². The zero-order chi connectivity index (χ0) is 39.0. The number of fused-ring (bicyclic) bond motifs is 15. The highest BCUT2D eigenvalue weighted by Gasteiger charge is 2.35. The first-order valence-corrected chi connectivity index (χ1v) is 20.5. The highest BCUT2D eigenvalue weighted by molar-refractivity contribution is 6.26. The van der Waals surface area contributed by atoms with E-state index in [0.29, 0.717) is 0 Å². The van der Waals surface area contributed by atoms with Gasteiger partial charge in [-0.2, -0.15) is 0 Å². The van der Waals surface area contributed by atoms with E-state index in [-0.39, 0.29) is 5.41 Å². The molecule has 0 fully saturated rings. The first-order chi connectivity index (χ1) is 29.0. The Morgan fingerprint density at radius 2 is 0.695 bits per heavy atom. The third-order valence-electron chi connectivity index (χ3n) is 13.2. The lowest BCUT2D eigenvalue weighted by atomic mass is 9.81. The van der Waals surface area contributed by atoms with Crippen LogP contribution in [0.25, 0.3) is 121 Å². The van der Waals surface area contributed by atoms with Crippen molar-refractivity contribution >= 4 is 76.2 Å². The molecule has 59 heavy (non-hydrogen) atoms. The standard InChI is InChI=1S/C57H36O2/c1-57(2)51-16-8-5-13-42(51)48-31-46-40-12-4-3-11-39(40)45-28-33(19-22-41(45)47(46)32-52(48)57)36-25-37(34-20-23-55-49(29-34)43-14-6-9-17-53(43)58-55)27-38(26-36)35-21-24-56-50(30-35)44-15-7-10-18-54(44)59-56/h3-32H,1-2H3. The predicted molar refractivity (Wildman–Crippen MR) is 247 cm³/mol. The van der Waals surface area contributed by atoms with Gasteiger partial charge in [-0.1, -0.05) is 123 Å². The fourth-order valence-electron chi connectivity index (χ4n) is 10.3. The molecule has 0 saturated carbocycles. The average Bonchev–Trinajstić information content (AvgIpc) is 3.92. The van der Waals surface area contributed by atoms with Crippen molar-refractivity contribution in [1.29, 1.82) is 0 Å². The van der Waals surface area contributed by atoms with Crippen molar-refractivity contribution in [2.75, 3.05) is 0 Å². The quantitative estimate of drug-likeness (QED) is 0.168. The molecule has 10 aromatic carbocycles. The molecule has 0 atom stereocenters. The Morgan fingerprint density at radius 3 is 1.29 bits per heavy atom. The monoisotopic (exact) mass is 752 g/mol.